The van der Waals surface area contributed by atoms with Crippen LogP contribution in [0.3, 0.4) is 0 Å². The smallest absolute Gasteiger partial charge is 0.315 e. The number of nitrogens with zero attached hydrogens (tertiary/aromatic N) is 4. The number of primary amides is 1. The van der Waals surface area contributed by atoms with Crippen molar-refractivity contribution >= 4 is 35.2 Å². The summed E-state index contributed by atoms with van der Waals surface area (Å²) in [5.74, 6) is 0.590. The normalized spacial score (nSPS) is 19.8. The fourth-order valence-electron chi connectivity index (χ4n) is 4.85. The number of rotatable bonds is 5. The van der Waals surface area contributed by atoms with Crippen molar-refractivity contribution in [3.8, 4) is 0 Å². The van der Waals surface area contributed by atoms with Crippen molar-refractivity contribution in [2.24, 2.45) is 5.73 Å². The van der Waals surface area contributed by atoms with Crippen LogP contribution in [0.5, 0.6) is 0 Å². The number of hydrogen-bond donors (Lipinski definition) is 2. The van der Waals surface area contributed by atoms with E-state index in [1.165, 1.54) is 0 Å². The first-order chi connectivity index (χ1) is 15.2. The zero-order chi connectivity index (χ0) is 23.0. The highest BCUT2D eigenvalue weighted by molar-refractivity contribution is 6.42. The molecule has 0 radical (unpaired) electrons. The van der Waals surface area contributed by atoms with Gasteiger partial charge in [0.1, 0.15) is 0 Å². The summed E-state index contributed by atoms with van der Waals surface area (Å²) in [7, 11) is 2.16. The molecule has 3 N–H and O–H groups in total. The molecular formula is C23H30Cl2N6O. The number of likely N-dealkylation sites (tertiary alicyclic amines) is 1. The SMILES string of the molecule is CC(C)Nc1nc2c(c([C@@H](c3ccc(Cl)c(Cl)c3)[C@H]3CCCN3C)n1)CCN(C(N)=O)C2. The average Bonchev–Trinajstić information content (AvgIpc) is 3.15. The van der Waals surface area contributed by atoms with Crippen molar-refractivity contribution in [2.45, 2.75) is 57.7 Å². The molecule has 2 atom stereocenters. The molecule has 1 fully saturated rings. The molecule has 0 spiro atoms. The number of likely N-dealkylation sites (N-methyl/N-ethyl adjacent to an activating group) is 1. The lowest BCUT2D eigenvalue weighted by atomic mass is 9.83. The fourth-order valence-corrected chi connectivity index (χ4v) is 5.16. The van der Waals surface area contributed by atoms with Crippen LogP contribution in [0, 0.1) is 0 Å². The minimum atomic E-state index is -0.425. The van der Waals surface area contributed by atoms with Crippen molar-refractivity contribution < 1.29 is 4.79 Å². The summed E-state index contributed by atoms with van der Waals surface area (Å²) in [5, 5.41) is 4.43. The minimum absolute atomic E-state index is 0.0156. The van der Waals surface area contributed by atoms with Gasteiger partial charge < -0.3 is 20.9 Å². The van der Waals surface area contributed by atoms with Gasteiger partial charge in [-0.15, -0.1) is 0 Å². The average molecular weight is 477 g/mol. The third-order valence-electron chi connectivity index (χ3n) is 6.39. The molecule has 7 nitrogen and oxygen atoms in total. The summed E-state index contributed by atoms with van der Waals surface area (Å²) in [6, 6.07) is 5.90. The summed E-state index contributed by atoms with van der Waals surface area (Å²) in [6.07, 6.45) is 2.88. The zero-order valence-corrected chi connectivity index (χ0v) is 20.2. The monoisotopic (exact) mass is 476 g/mol. The van der Waals surface area contributed by atoms with Gasteiger partial charge in [0.15, 0.2) is 0 Å². The van der Waals surface area contributed by atoms with Crippen molar-refractivity contribution in [1.29, 1.82) is 0 Å². The quantitative estimate of drug-likeness (QED) is 0.672. The molecule has 1 aromatic heterocycles. The summed E-state index contributed by atoms with van der Waals surface area (Å²) in [6.45, 7) is 6.10. The van der Waals surface area contributed by atoms with E-state index in [4.69, 9.17) is 38.9 Å². The lowest BCUT2D eigenvalue weighted by Gasteiger charge is -2.34. The van der Waals surface area contributed by atoms with Crippen LogP contribution in [0.25, 0.3) is 0 Å². The molecule has 2 aromatic rings. The maximum atomic E-state index is 11.8. The Labute approximate surface area is 199 Å². The van der Waals surface area contributed by atoms with Gasteiger partial charge in [0, 0.05) is 24.5 Å². The Hall–Kier alpha value is -2.09. The topological polar surface area (TPSA) is 87.4 Å². The van der Waals surface area contributed by atoms with Gasteiger partial charge in [0.2, 0.25) is 5.95 Å². The minimum Gasteiger partial charge on any atom is -0.352 e. The van der Waals surface area contributed by atoms with Crippen LogP contribution in [0.15, 0.2) is 18.2 Å². The van der Waals surface area contributed by atoms with Crippen LogP contribution in [0.2, 0.25) is 10.0 Å². The molecule has 2 amide bonds. The van der Waals surface area contributed by atoms with Crippen molar-refractivity contribution in [2.75, 3.05) is 25.5 Å². The molecule has 32 heavy (non-hydrogen) atoms. The highest BCUT2D eigenvalue weighted by Crippen LogP contribution is 2.40. The fraction of sp³-hybridized carbons (Fsp3) is 0.522. The summed E-state index contributed by atoms with van der Waals surface area (Å²) in [4.78, 5) is 25.7. The predicted molar refractivity (Wildman–Crippen MR) is 128 cm³/mol. The van der Waals surface area contributed by atoms with E-state index in [2.05, 4.69) is 31.1 Å². The van der Waals surface area contributed by atoms with E-state index in [0.717, 1.165) is 41.9 Å². The molecule has 0 aliphatic carbocycles. The zero-order valence-electron chi connectivity index (χ0n) is 18.7. The maximum absolute atomic E-state index is 11.8. The van der Waals surface area contributed by atoms with Gasteiger partial charge in [0.05, 0.1) is 28.0 Å². The molecular weight excluding hydrogens is 447 g/mol. The molecule has 2 aliphatic rings. The van der Waals surface area contributed by atoms with Crippen molar-refractivity contribution in [1.82, 2.24) is 19.8 Å². The standard InChI is InChI=1S/C23H30Cl2N6O/c1-13(2)27-23-28-18-12-31(22(26)32)10-8-15(18)21(29-23)20(19-5-4-9-30(19)3)14-6-7-16(24)17(25)11-14/h6-7,11,13,19-20H,4-5,8-10,12H2,1-3H3,(H2,26,32)(H,27,28,29)/t19-,20+/m1/s1. The Morgan fingerprint density at radius 1 is 1.22 bits per heavy atom. The largest absolute Gasteiger partial charge is 0.352 e. The summed E-state index contributed by atoms with van der Waals surface area (Å²) >= 11 is 12.7. The first-order valence-corrected chi connectivity index (χ1v) is 11.9. The molecule has 3 heterocycles. The second kappa shape index (κ2) is 9.41. The van der Waals surface area contributed by atoms with E-state index in [1.54, 1.807) is 4.90 Å². The molecule has 9 heteroatoms. The molecule has 0 saturated carbocycles. The van der Waals surface area contributed by atoms with Crippen LogP contribution in [-0.2, 0) is 13.0 Å². The second-order valence-corrected chi connectivity index (χ2v) is 9.82. The van der Waals surface area contributed by atoms with Gasteiger partial charge >= 0.3 is 6.03 Å². The van der Waals surface area contributed by atoms with Crippen LogP contribution in [0.1, 0.15) is 55.1 Å². The van der Waals surface area contributed by atoms with Crippen molar-refractivity contribution in [3.63, 3.8) is 0 Å². The number of urea groups is 1. The number of amides is 2. The molecule has 4 rings (SSSR count). The number of carbonyl (C=O) groups excluding carboxylic acids is 1. The molecule has 1 aromatic carbocycles. The third kappa shape index (κ3) is 4.65. The highest BCUT2D eigenvalue weighted by Gasteiger charge is 2.36. The molecule has 1 saturated heterocycles. The number of aromatic nitrogens is 2. The number of anilines is 1. The van der Waals surface area contributed by atoms with Gasteiger partial charge in [-0.2, -0.15) is 0 Å². The molecule has 0 bridgehead atoms. The van der Waals surface area contributed by atoms with Gasteiger partial charge in [0.25, 0.3) is 0 Å². The number of hydrogen-bond acceptors (Lipinski definition) is 5. The maximum Gasteiger partial charge on any atom is 0.315 e. The first-order valence-electron chi connectivity index (χ1n) is 11.1. The molecule has 172 valence electrons. The number of nitrogens with two attached hydrogens (primary N) is 1. The Balaban J connectivity index is 1.88. The van der Waals surface area contributed by atoms with E-state index in [-0.39, 0.29) is 18.0 Å². The van der Waals surface area contributed by atoms with Crippen LogP contribution in [-0.4, -0.2) is 58.0 Å². The van der Waals surface area contributed by atoms with Crippen LogP contribution < -0.4 is 11.1 Å². The number of halogens is 2. The first kappa shape index (κ1) is 23.1. The Morgan fingerprint density at radius 3 is 2.62 bits per heavy atom. The van der Waals surface area contributed by atoms with Crippen LogP contribution >= 0.6 is 23.2 Å². The number of fused-ring (bicyclic) bond motifs is 1. The number of nitrogens with one attached hydrogen (secondary N) is 1. The number of benzene rings is 1. The number of carbonyl (C=O) groups is 1. The van der Waals surface area contributed by atoms with E-state index < -0.39 is 6.03 Å². The lowest BCUT2D eigenvalue weighted by Crippen LogP contribution is -2.41. The Bertz CT molecular complexity index is 1010. The van der Waals surface area contributed by atoms with E-state index in [1.807, 2.05) is 18.2 Å². The van der Waals surface area contributed by atoms with Crippen LogP contribution in [0.4, 0.5) is 10.7 Å². The Morgan fingerprint density at radius 2 is 2.00 bits per heavy atom. The molecule has 2 aliphatic heterocycles. The van der Waals surface area contributed by atoms with Gasteiger partial charge in [-0.1, -0.05) is 29.3 Å². The summed E-state index contributed by atoms with van der Waals surface area (Å²) < 4.78 is 0. The second-order valence-electron chi connectivity index (χ2n) is 9.01. The highest BCUT2D eigenvalue weighted by atomic mass is 35.5. The summed E-state index contributed by atoms with van der Waals surface area (Å²) in [5.41, 5.74) is 9.62. The van der Waals surface area contributed by atoms with Gasteiger partial charge in [-0.05, 0) is 70.0 Å². The van der Waals surface area contributed by atoms with E-state index in [9.17, 15) is 4.79 Å². The van der Waals surface area contributed by atoms with E-state index in [0.29, 0.717) is 35.5 Å². The lowest BCUT2D eigenvalue weighted by molar-refractivity contribution is 0.200. The Kier molecular flexibility index (Phi) is 6.79. The van der Waals surface area contributed by atoms with E-state index >= 15 is 0 Å². The van der Waals surface area contributed by atoms with Crippen molar-refractivity contribution in [3.05, 3.63) is 50.8 Å². The van der Waals surface area contributed by atoms with Gasteiger partial charge in [-0.3, -0.25) is 0 Å². The third-order valence-corrected chi connectivity index (χ3v) is 7.12. The predicted octanol–water partition coefficient (Wildman–Crippen LogP) is 4.27. The van der Waals surface area contributed by atoms with Gasteiger partial charge in [-0.25, -0.2) is 14.8 Å². The molecule has 0 unspecified atom stereocenters.